The van der Waals surface area contributed by atoms with Crippen LogP contribution in [0.25, 0.3) is 33.4 Å². The van der Waals surface area contributed by atoms with Gasteiger partial charge in [0.15, 0.2) is 0 Å². The Morgan fingerprint density at radius 3 is 0.538 bits per heavy atom. The minimum absolute atomic E-state index is 0. The summed E-state index contributed by atoms with van der Waals surface area (Å²) in [5.74, 6) is 0. The molecule has 6 aromatic rings. The van der Waals surface area contributed by atoms with Gasteiger partial charge < -0.3 is 0 Å². The number of hydrogen-bond donors (Lipinski definition) is 0. The fraction of sp³-hybridized carbons (Fsp3) is 0.532. The molecule has 445 valence electrons. The summed E-state index contributed by atoms with van der Waals surface area (Å²) >= 11 is 0. The zero-order valence-electron chi connectivity index (χ0n) is 58.7. The van der Waals surface area contributed by atoms with Gasteiger partial charge in [0.25, 0.3) is 0 Å². The summed E-state index contributed by atoms with van der Waals surface area (Å²) in [5, 5.41) is 0. The summed E-state index contributed by atoms with van der Waals surface area (Å²) in [5.41, 5.74) is 11.4. The zero-order valence-corrected chi connectivity index (χ0v) is 61.5. The van der Waals surface area contributed by atoms with Crippen LogP contribution in [-0.2, 0) is 38.1 Å². The SMILES string of the molecule is CC.CC.CC.CC.CC.CC.CC(C)(C)C.CC(C)(C)C.CC(C)(C)C.CC(C)(C)C.CC(C)(C)C.CC(C)(C)c1ccccc1.[Y].[c-]1ccccc1-c1[c-]cccc1.c1ccc(-c2ccc(-c3ccccc3)cc2)cc1. The quantitative estimate of drug-likeness (QED) is 0.155. The predicted molar refractivity (Wildman–Crippen MR) is 366 cm³/mol. The molecule has 1 radical (unpaired) electrons. The zero-order chi connectivity index (χ0) is 62.5. The smallest absolute Gasteiger partial charge is 0 e. The molecule has 6 rings (SSSR count). The summed E-state index contributed by atoms with van der Waals surface area (Å²) < 4.78 is 0. The van der Waals surface area contributed by atoms with Gasteiger partial charge in [-0.05, 0) is 60.3 Å². The Hall–Kier alpha value is -3.58. The van der Waals surface area contributed by atoms with E-state index in [1.54, 1.807) is 0 Å². The topological polar surface area (TPSA) is 0 Å². The molecule has 78 heavy (non-hydrogen) atoms. The van der Waals surface area contributed by atoms with E-state index < -0.39 is 0 Å². The number of benzene rings is 6. The van der Waals surface area contributed by atoms with Gasteiger partial charge in [-0.15, -0.1) is 12.1 Å². The normalized spacial score (nSPS) is 9.63. The summed E-state index contributed by atoms with van der Waals surface area (Å²) in [6.07, 6.45) is 0. The molecule has 0 nitrogen and oxygen atoms in total. The van der Waals surface area contributed by atoms with Gasteiger partial charge in [-0.2, -0.15) is 48.5 Å². The molecule has 0 spiro atoms. The molecule has 0 heterocycles. The molecule has 0 aliphatic rings. The van der Waals surface area contributed by atoms with Crippen LogP contribution in [0.3, 0.4) is 0 Å². The van der Waals surface area contributed by atoms with Gasteiger partial charge in [-0.25, -0.2) is 11.1 Å². The molecule has 0 atom stereocenters. The second-order valence-electron chi connectivity index (χ2n) is 25.5. The fourth-order valence-corrected chi connectivity index (χ4v) is 4.18. The van der Waals surface area contributed by atoms with E-state index in [9.17, 15) is 0 Å². The van der Waals surface area contributed by atoms with Gasteiger partial charge in [0.1, 0.15) is 0 Å². The molecule has 0 fully saturated rings. The Balaban J connectivity index is -0.000000102. The average Bonchev–Trinajstić information content (AvgIpc) is 3.37. The van der Waals surface area contributed by atoms with Crippen molar-refractivity contribution in [2.45, 2.75) is 248 Å². The second kappa shape index (κ2) is 56.7. The van der Waals surface area contributed by atoms with Crippen LogP contribution in [0.1, 0.15) is 248 Å². The Morgan fingerprint density at radius 2 is 0.385 bits per heavy atom. The maximum Gasteiger partial charge on any atom is 0 e. The Morgan fingerprint density at radius 1 is 0.218 bits per heavy atom. The minimum Gasteiger partial charge on any atom is -0.226 e. The maximum absolute atomic E-state index is 3.15. The summed E-state index contributed by atoms with van der Waals surface area (Å²) in [6.45, 7) is 74.4. The van der Waals surface area contributed by atoms with E-state index in [1.807, 2.05) is 144 Å². The van der Waals surface area contributed by atoms with Crippen LogP contribution >= 0.6 is 0 Å². The molecule has 0 bridgehead atoms. The molecule has 0 unspecified atom stereocenters. The van der Waals surface area contributed by atoms with Crippen molar-refractivity contribution < 1.29 is 32.7 Å². The van der Waals surface area contributed by atoms with Crippen molar-refractivity contribution in [1.29, 1.82) is 0 Å². The van der Waals surface area contributed by atoms with Crippen LogP contribution in [0.5, 0.6) is 0 Å². The molecule has 0 saturated heterocycles. The number of hydrogen-bond acceptors (Lipinski definition) is 0. The maximum atomic E-state index is 3.15. The third-order valence-electron chi connectivity index (χ3n) is 6.45. The molecule has 0 saturated carbocycles. The van der Waals surface area contributed by atoms with E-state index in [-0.39, 0.29) is 32.7 Å². The summed E-state index contributed by atoms with van der Waals surface area (Å²) in [6, 6.07) is 62.3. The van der Waals surface area contributed by atoms with Crippen LogP contribution in [-0.4, -0.2) is 0 Å². The first-order chi connectivity index (χ1) is 35.5. The van der Waals surface area contributed by atoms with Crippen molar-refractivity contribution in [1.82, 2.24) is 0 Å². The van der Waals surface area contributed by atoms with Crippen molar-refractivity contribution in [2.75, 3.05) is 0 Å². The van der Waals surface area contributed by atoms with Crippen LogP contribution in [0.4, 0.5) is 0 Å². The molecule has 6 aromatic carbocycles. The van der Waals surface area contributed by atoms with Gasteiger partial charge in [0.05, 0.1) is 0 Å². The first-order valence-corrected chi connectivity index (χ1v) is 29.7. The van der Waals surface area contributed by atoms with E-state index in [4.69, 9.17) is 0 Å². The summed E-state index contributed by atoms with van der Waals surface area (Å²) in [7, 11) is 0. The molecular weight excluding hydrogens is 1010 g/mol. The number of rotatable bonds is 3. The van der Waals surface area contributed by atoms with Crippen LogP contribution < -0.4 is 0 Å². The van der Waals surface area contributed by atoms with Gasteiger partial charge >= 0.3 is 0 Å². The monoisotopic (exact) mass is 1150 g/mol. The van der Waals surface area contributed by atoms with Crippen molar-refractivity contribution in [2.24, 2.45) is 27.1 Å². The predicted octanol–water partition coefficient (Wildman–Crippen LogP) is 27.4. The van der Waals surface area contributed by atoms with Gasteiger partial charge in [0, 0.05) is 32.7 Å². The van der Waals surface area contributed by atoms with Crippen LogP contribution in [0.2, 0.25) is 0 Å². The second-order valence-corrected chi connectivity index (χ2v) is 25.5. The Labute approximate surface area is 518 Å². The third-order valence-corrected chi connectivity index (χ3v) is 6.45. The molecule has 0 N–H and O–H groups in total. The fourth-order valence-electron chi connectivity index (χ4n) is 4.18. The van der Waals surface area contributed by atoms with E-state index in [2.05, 4.69) is 275 Å². The minimum atomic E-state index is 0. The first kappa shape index (κ1) is 93.7. The first-order valence-electron chi connectivity index (χ1n) is 29.7. The van der Waals surface area contributed by atoms with Gasteiger partial charge in [-0.3, -0.25) is 0 Å². The van der Waals surface area contributed by atoms with E-state index in [1.165, 1.54) is 27.8 Å². The van der Waals surface area contributed by atoms with Crippen LogP contribution in [0.15, 0.2) is 164 Å². The Kier molecular flexibility index (Phi) is 68.1. The standard InChI is InChI=1S/C18H14.C12H8.C10H14.5C5H12.6C2H6.Y/c1-3-7-15(8-4-1)17-11-13-18(14-12-17)16-9-5-2-6-10-16;1-3-7-11(8-4-1)12-9-5-2-6-10-12;1-10(2,3)9-7-5-4-6-8-9;5*1-5(2,3)4;6*1-2;/h1-14H;1-7,9H;4-8H,1-3H3;5*1-4H3;6*1-2H3;/q;-2;;;;;;;;;;;;;. The molecule has 0 aliphatic heterocycles. The van der Waals surface area contributed by atoms with E-state index in [0.29, 0.717) is 32.5 Å². The Bertz CT molecular complexity index is 1770. The molecule has 0 amide bonds. The van der Waals surface area contributed by atoms with E-state index >= 15 is 0 Å². The molecule has 1 heteroatoms. The third kappa shape index (κ3) is 89.0. The van der Waals surface area contributed by atoms with E-state index in [0.717, 1.165) is 11.1 Å². The van der Waals surface area contributed by atoms with Crippen molar-refractivity contribution in [3.8, 4) is 33.4 Å². The molecule has 0 aromatic heterocycles. The average molecular weight is 1150 g/mol. The van der Waals surface area contributed by atoms with Crippen molar-refractivity contribution in [3.63, 3.8) is 0 Å². The van der Waals surface area contributed by atoms with Crippen molar-refractivity contribution in [3.05, 3.63) is 181 Å². The molecule has 0 aliphatic carbocycles. The van der Waals surface area contributed by atoms with Crippen LogP contribution in [0, 0.1) is 39.2 Å². The summed E-state index contributed by atoms with van der Waals surface area (Å²) in [4.78, 5) is 0. The van der Waals surface area contributed by atoms with Gasteiger partial charge in [0.2, 0.25) is 0 Å². The largest absolute Gasteiger partial charge is 0.226 e. The molecular formula is C77H132Y-2. The van der Waals surface area contributed by atoms with Crippen molar-refractivity contribution >= 4 is 0 Å². The van der Waals surface area contributed by atoms with Gasteiger partial charge in [-0.1, -0.05) is 358 Å².